The van der Waals surface area contributed by atoms with Crippen molar-refractivity contribution >= 4 is 38.5 Å². The van der Waals surface area contributed by atoms with Gasteiger partial charge in [-0.25, -0.2) is 12.7 Å². The molecule has 0 bridgehead atoms. The zero-order chi connectivity index (χ0) is 15.0. The first-order valence-corrected chi connectivity index (χ1v) is 8.92. The number of carbonyl (C=O) groups excluding carboxylic acids is 1. The van der Waals surface area contributed by atoms with E-state index >= 15 is 0 Å². The molecule has 2 aromatic carbocycles. The van der Waals surface area contributed by atoms with E-state index in [1.807, 2.05) is 30.3 Å². The summed E-state index contributed by atoms with van der Waals surface area (Å²) in [5.74, 6) is -0.431. The van der Waals surface area contributed by atoms with Gasteiger partial charge in [-0.2, -0.15) is 0 Å². The predicted molar refractivity (Wildman–Crippen MR) is 87.5 cm³/mol. The molecule has 0 N–H and O–H groups in total. The number of hydrogen-bond donors (Lipinski definition) is 0. The second kappa shape index (κ2) is 5.42. The first kappa shape index (κ1) is 14.5. The Morgan fingerprint density at radius 3 is 2.48 bits per heavy atom. The summed E-state index contributed by atoms with van der Waals surface area (Å²) in [7, 11) is -3.70. The molecule has 1 amide bonds. The van der Waals surface area contributed by atoms with Gasteiger partial charge in [0.25, 0.3) is 15.9 Å². The Bertz CT molecular complexity index is 803. The van der Waals surface area contributed by atoms with Gasteiger partial charge in [0.05, 0.1) is 5.56 Å². The van der Waals surface area contributed by atoms with Gasteiger partial charge in [0.15, 0.2) is 0 Å². The standard InChI is InChI=1S/C15H12INO3S/c16-12-6-7-14-13(10-12)15(18)17(21(14,19)20)9-8-11-4-2-1-3-5-11/h1-7,10H,8-9H2. The lowest BCUT2D eigenvalue weighted by molar-refractivity contribution is 0.0872. The van der Waals surface area contributed by atoms with E-state index in [-0.39, 0.29) is 17.0 Å². The summed E-state index contributed by atoms with van der Waals surface area (Å²) in [5, 5.41) is 0. The topological polar surface area (TPSA) is 54.5 Å². The van der Waals surface area contributed by atoms with E-state index in [9.17, 15) is 13.2 Å². The third kappa shape index (κ3) is 2.57. The van der Waals surface area contributed by atoms with Gasteiger partial charge in [-0.05, 0) is 52.8 Å². The molecular formula is C15H12INO3S. The molecule has 3 rings (SSSR count). The summed E-state index contributed by atoms with van der Waals surface area (Å²) < 4.78 is 26.7. The number of sulfonamides is 1. The van der Waals surface area contributed by atoms with Crippen LogP contribution in [-0.2, 0) is 16.4 Å². The van der Waals surface area contributed by atoms with Crippen molar-refractivity contribution in [3.63, 3.8) is 0 Å². The van der Waals surface area contributed by atoms with Crippen LogP contribution in [0.3, 0.4) is 0 Å². The molecule has 0 aliphatic carbocycles. The van der Waals surface area contributed by atoms with Crippen molar-refractivity contribution < 1.29 is 13.2 Å². The van der Waals surface area contributed by atoms with Crippen LogP contribution in [0.25, 0.3) is 0 Å². The fourth-order valence-electron chi connectivity index (χ4n) is 2.35. The first-order chi connectivity index (χ1) is 10.00. The maximum Gasteiger partial charge on any atom is 0.269 e. The Balaban J connectivity index is 1.90. The minimum absolute atomic E-state index is 0.112. The van der Waals surface area contributed by atoms with Gasteiger partial charge in [-0.1, -0.05) is 30.3 Å². The van der Waals surface area contributed by atoms with E-state index in [1.54, 1.807) is 12.1 Å². The van der Waals surface area contributed by atoms with Gasteiger partial charge < -0.3 is 0 Å². The van der Waals surface area contributed by atoms with E-state index < -0.39 is 15.9 Å². The van der Waals surface area contributed by atoms with Gasteiger partial charge in [-0.3, -0.25) is 4.79 Å². The maximum atomic E-state index is 12.4. The third-order valence-electron chi connectivity index (χ3n) is 3.41. The normalized spacial score (nSPS) is 16.0. The maximum absolute atomic E-state index is 12.4. The molecule has 6 heteroatoms. The van der Waals surface area contributed by atoms with Gasteiger partial charge in [0.2, 0.25) is 0 Å². The summed E-state index contributed by atoms with van der Waals surface area (Å²) >= 11 is 2.07. The Hall–Kier alpha value is -1.41. The van der Waals surface area contributed by atoms with E-state index in [2.05, 4.69) is 22.6 Å². The summed E-state index contributed by atoms with van der Waals surface area (Å²) in [6, 6.07) is 14.4. The molecule has 1 heterocycles. The fraction of sp³-hybridized carbons (Fsp3) is 0.133. The number of amides is 1. The molecule has 21 heavy (non-hydrogen) atoms. The number of carbonyl (C=O) groups is 1. The highest BCUT2D eigenvalue weighted by atomic mass is 127. The quantitative estimate of drug-likeness (QED) is 0.728. The molecular weight excluding hydrogens is 401 g/mol. The highest BCUT2D eigenvalue weighted by Crippen LogP contribution is 2.31. The van der Waals surface area contributed by atoms with Crippen LogP contribution in [0.1, 0.15) is 15.9 Å². The average molecular weight is 413 g/mol. The molecule has 1 aliphatic heterocycles. The molecule has 0 unspecified atom stereocenters. The monoisotopic (exact) mass is 413 g/mol. The van der Waals surface area contributed by atoms with Crippen LogP contribution in [0.5, 0.6) is 0 Å². The molecule has 0 spiro atoms. The smallest absolute Gasteiger partial charge is 0.268 e. The lowest BCUT2D eigenvalue weighted by Gasteiger charge is -2.14. The lowest BCUT2D eigenvalue weighted by atomic mass is 10.1. The summed E-state index contributed by atoms with van der Waals surface area (Å²) in [5.41, 5.74) is 1.28. The largest absolute Gasteiger partial charge is 0.269 e. The van der Waals surface area contributed by atoms with Crippen molar-refractivity contribution in [3.05, 3.63) is 63.2 Å². The highest BCUT2D eigenvalue weighted by Gasteiger charge is 2.40. The van der Waals surface area contributed by atoms with Crippen LogP contribution in [-0.4, -0.2) is 25.2 Å². The number of benzene rings is 2. The summed E-state index contributed by atoms with van der Waals surface area (Å²) in [6.07, 6.45) is 0.511. The van der Waals surface area contributed by atoms with Crippen LogP contribution in [0, 0.1) is 3.57 Å². The molecule has 0 saturated carbocycles. The number of rotatable bonds is 3. The molecule has 0 radical (unpaired) electrons. The number of hydrogen-bond acceptors (Lipinski definition) is 3. The zero-order valence-electron chi connectivity index (χ0n) is 11.0. The first-order valence-electron chi connectivity index (χ1n) is 6.41. The molecule has 0 saturated heterocycles. The summed E-state index contributed by atoms with van der Waals surface area (Å²) in [4.78, 5) is 12.4. The Morgan fingerprint density at radius 1 is 1.05 bits per heavy atom. The van der Waals surface area contributed by atoms with Crippen molar-refractivity contribution in [1.82, 2.24) is 4.31 Å². The number of halogens is 1. The van der Waals surface area contributed by atoms with Crippen molar-refractivity contribution in [1.29, 1.82) is 0 Å². The second-order valence-corrected chi connectivity index (χ2v) is 7.83. The Kier molecular flexibility index (Phi) is 3.75. The van der Waals surface area contributed by atoms with Gasteiger partial charge in [0.1, 0.15) is 4.90 Å². The molecule has 0 fully saturated rings. The van der Waals surface area contributed by atoms with Crippen molar-refractivity contribution in [2.45, 2.75) is 11.3 Å². The van der Waals surface area contributed by atoms with Crippen molar-refractivity contribution in [2.24, 2.45) is 0 Å². The molecule has 2 aromatic rings. The third-order valence-corrected chi connectivity index (χ3v) is 5.92. The average Bonchev–Trinajstić information content (AvgIpc) is 2.65. The Morgan fingerprint density at radius 2 is 1.76 bits per heavy atom. The van der Waals surface area contributed by atoms with E-state index in [0.717, 1.165) is 13.4 Å². The number of nitrogens with zero attached hydrogens (tertiary/aromatic N) is 1. The SMILES string of the molecule is O=C1c2cc(I)ccc2S(=O)(=O)N1CCc1ccccc1. The Labute approximate surface area is 137 Å². The van der Waals surface area contributed by atoms with Crippen LogP contribution < -0.4 is 0 Å². The minimum Gasteiger partial charge on any atom is -0.268 e. The fourth-order valence-corrected chi connectivity index (χ4v) is 4.39. The van der Waals surface area contributed by atoms with Crippen LogP contribution in [0.4, 0.5) is 0 Å². The van der Waals surface area contributed by atoms with E-state index in [0.29, 0.717) is 6.42 Å². The van der Waals surface area contributed by atoms with Crippen molar-refractivity contribution in [2.75, 3.05) is 6.54 Å². The minimum atomic E-state index is -3.70. The summed E-state index contributed by atoms with van der Waals surface area (Å²) in [6.45, 7) is 0.163. The van der Waals surface area contributed by atoms with Crippen LogP contribution in [0.2, 0.25) is 0 Å². The van der Waals surface area contributed by atoms with Crippen LogP contribution >= 0.6 is 22.6 Å². The highest BCUT2D eigenvalue weighted by molar-refractivity contribution is 14.1. The molecule has 1 aliphatic rings. The van der Waals surface area contributed by atoms with E-state index in [1.165, 1.54) is 6.07 Å². The molecule has 108 valence electrons. The predicted octanol–water partition coefficient (Wildman–Crippen LogP) is 2.68. The zero-order valence-corrected chi connectivity index (χ0v) is 14.0. The lowest BCUT2D eigenvalue weighted by Crippen LogP contribution is -2.32. The molecule has 0 atom stereocenters. The molecule has 0 aromatic heterocycles. The van der Waals surface area contributed by atoms with Gasteiger partial charge in [0, 0.05) is 10.1 Å². The number of fused-ring (bicyclic) bond motifs is 1. The van der Waals surface area contributed by atoms with E-state index in [4.69, 9.17) is 0 Å². The van der Waals surface area contributed by atoms with Crippen LogP contribution in [0.15, 0.2) is 53.4 Å². The second-order valence-electron chi connectivity index (χ2n) is 4.76. The van der Waals surface area contributed by atoms with Crippen molar-refractivity contribution in [3.8, 4) is 0 Å². The van der Waals surface area contributed by atoms with Gasteiger partial charge >= 0.3 is 0 Å². The van der Waals surface area contributed by atoms with Gasteiger partial charge in [-0.15, -0.1) is 0 Å². The molecule has 4 nitrogen and oxygen atoms in total.